The van der Waals surface area contributed by atoms with Gasteiger partial charge in [-0.1, -0.05) is 0 Å². The molecule has 1 aromatic carbocycles. The summed E-state index contributed by atoms with van der Waals surface area (Å²) in [5, 5.41) is 0. The molecule has 0 aliphatic heterocycles. The molecule has 2 aromatic heterocycles. The fourth-order valence-electron chi connectivity index (χ4n) is 2.08. The second kappa shape index (κ2) is 4.41. The molecule has 0 saturated carbocycles. The molecule has 6 nitrogen and oxygen atoms in total. The predicted molar refractivity (Wildman–Crippen MR) is 71.8 cm³/mol. The first-order valence-electron chi connectivity index (χ1n) is 6.01. The minimum Gasteiger partial charge on any atom is -0.408 e. The quantitative estimate of drug-likeness (QED) is 0.716. The summed E-state index contributed by atoms with van der Waals surface area (Å²) < 4.78 is 5.00. The van der Waals surface area contributed by atoms with E-state index in [1.807, 2.05) is 0 Å². The Hall–Kier alpha value is -2.76. The number of aromatic amines is 1. The molecule has 0 spiro atoms. The van der Waals surface area contributed by atoms with E-state index in [4.69, 9.17) is 4.42 Å². The number of hydrogen-bond donors (Lipinski definition) is 1. The van der Waals surface area contributed by atoms with Crippen LogP contribution in [0.4, 0.5) is 0 Å². The molecule has 3 aromatic rings. The van der Waals surface area contributed by atoms with Crippen LogP contribution in [0.2, 0.25) is 0 Å². The maximum absolute atomic E-state index is 12.4. The number of benzene rings is 1. The predicted octanol–water partition coefficient (Wildman–Crippen LogP) is 1.76. The summed E-state index contributed by atoms with van der Waals surface area (Å²) in [5.74, 6) is -0.769. The highest BCUT2D eigenvalue weighted by atomic mass is 16.4. The highest BCUT2D eigenvalue weighted by Crippen LogP contribution is 2.19. The van der Waals surface area contributed by atoms with E-state index < -0.39 is 5.76 Å². The van der Waals surface area contributed by atoms with Crippen LogP contribution in [0.25, 0.3) is 11.1 Å². The first-order valence-corrected chi connectivity index (χ1v) is 6.01. The standard InChI is InChI=1S/C14H11N3O3/c1-7-3-9(5-11-12(7)17-14(19)20-11)13(18)10-4-8(2)15-6-16-10/h3-6H,1-2H3,(H,17,19). The van der Waals surface area contributed by atoms with Crippen molar-refractivity contribution in [1.29, 1.82) is 0 Å². The molecule has 0 saturated heterocycles. The Bertz CT molecular complexity index is 877. The zero-order chi connectivity index (χ0) is 14.3. The number of hydrogen-bond acceptors (Lipinski definition) is 5. The molecule has 0 aliphatic rings. The molecule has 0 aliphatic carbocycles. The zero-order valence-electron chi connectivity index (χ0n) is 10.9. The second-order valence-corrected chi connectivity index (χ2v) is 4.55. The Morgan fingerprint density at radius 2 is 2.00 bits per heavy atom. The highest BCUT2D eigenvalue weighted by Gasteiger charge is 2.15. The molecule has 6 heteroatoms. The van der Waals surface area contributed by atoms with Crippen LogP contribution < -0.4 is 5.76 Å². The van der Waals surface area contributed by atoms with E-state index in [1.165, 1.54) is 6.33 Å². The van der Waals surface area contributed by atoms with Crippen LogP contribution in [0.15, 0.2) is 33.7 Å². The van der Waals surface area contributed by atoms with Crippen molar-refractivity contribution in [1.82, 2.24) is 15.0 Å². The molecule has 3 rings (SSSR count). The maximum atomic E-state index is 12.4. The Kier molecular flexibility index (Phi) is 2.71. The molecule has 1 N–H and O–H groups in total. The minimum atomic E-state index is -0.537. The van der Waals surface area contributed by atoms with Gasteiger partial charge in [-0.15, -0.1) is 0 Å². The average Bonchev–Trinajstić information content (AvgIpc) is 2.79. The van der Waals surface area contributed by atoms with Gasteiger partial charge in [0.1, 0.15) is 12.0 Å². The number of nitrogens with zero attached hydrogens (tertiary/aromatic N) is 2. The van der Waals surface area contributed by atoms with Crippen molar-refractivity contribution in [2.45, 2.75) is 13.8 Å². The van der Waals surface area contributed by atoms with Gasteiger partial charge in [-0.2, -0.15) is 0 Å². The summed E-state index contributed by atoms with van der Waals surface area (Å²) in [7, 11) is 0. The summed E-state index contributed by atoms with van der Waals surface area (Å²) in [4.78, 5) is 34.1. The Balaban J connectivity index is 2.14. The maximum Gasteiger partial charge on any atom is 0.417 e. The number of ketones is 1. The van der Waals surface area contributed by atoms with Crippen molar-refractivity contribution in [3.8, 4) is 0 Å². The number of carbonyl (C=O) groups is 1. The van der Waals surface area contributed by atoms with Gasteiger partial charge in [-0.3, -0.25) is 9.78 Å². The number of oxazole rings is 1. The van der Waals surface area contributed by atoms with Gasteiger partial charge in [0.2, 0.25) is 5.78 Å². The van der Waals surface area contributed by atoms with E-state index in [9.17, 15) is 9.59 Å². The summed E-state index contributed by atoms with van der Waals surface area (Å²) >= 11 is 0. The van der Waals surface area contributed by atoms with E-state index in [-0.39, 0.29) is 5.78 Å². The molecular weight excluding hydrogens is 258 g/mol. The molecule has 20 heavy (non-hydrogen) atoms. The summed E-state index contributed by atoms with van der Waals surface area (Å²) in [5.41, 5.74) is 3.19. The van der Waals surface area contributed by atoms with Crippen molar-refractivity contribution in [3.63, 3.8) is 0 Å². The van der Waals surface area contributed by atoms with Crippen LogP contribution >= 0.6 is 0 Å². The highest BCUT2D eigenvalue weighted by molar-refractivity contribution is 6.09. The van der Waals surface area contributed by atoms with Gasteiger partial charge in [0.15, 0.2) is 5.58 Å². The topological polar surface area (TPSA) is 88.9 Å². The van der Waals surface area contributed by atoms with Crippen LogP contribution in [-0.2, 0) is 0 Å². The molecule has 100 valence electrons. The van der Waals surface area contributed by atoms with Crippen molar-refractivity contribution in [2.75, 3.05) is 0 Å². The monoisotopic (exact) mass is 269 g/mol. The third kappa shape index (κ3) is 2.01. The molecular formula is C14H11N3O3. The largest absolute Gasteiger partial charge is 0.417 e. The smallest absolute Gasteiger partial charge is 0.408 e. The normalized spacial score (nSPS) is 10.9. The first kappa shape index (κ1) is 12.3. The summed E-state index contributed by atoms with van der Waals surface area (Å²) in [6.07, 6.45) is 1.35. The van der Waals surface area contributed by atoms with Crippen molar-refractivity contribution < 1.29 is 9.21 Å². The Morgan fingerprint density at radius 3 is 2.75 bits per heavy atom. The van der Waals surface area contributed by atoms with E-state index in [2.05, 4.69) is 15.0 Å². The fraction of sp³-hybridized carbons (Fsp3) is 0.143. The number of carbonyl (C=O) groups excluding carboxylic acids is 1. The molecule has 0 amide bonds. The van der Waals surface area contributed by atoms with Crippen molar-refractivity contribution >= 4 is 16.9 Å². The molecule has 0 atom stereocenters. The van der Waals surface area contributed by atoms with Gasteiger partial charge in [0, 0.05) is 11.3 Å². The number of fused-ring (bicyclic) bond motifs is 1. The van der Waals surface area contributed by atoms with Crippen LogP contribution in [-0.4, -0.2) is 20.7 Å². The fourth-order valence-corrected chi connectivity index (χ4v) is 2.08. The average molecular weight is 269 g/mol. The lowest BCUT2D eigenvalue weighted by molar-refractivity contribution is 0.103. The minimum absolute atomic E-state index is 0.232. The zero-order valence-corrected chi connectivity index (χ0v) is 10.9. The number of H-pyrrole nitrogens is 1. The van der Waals surface area contributed by atoms with Crippen LogP contribution in [0.3, 0.4) is 0 Å². The van der Waals surface area contributed by atoms with Crippen LogP contribution in [0.5, 0.6) is 0 Å². The third-order valence-corrected chi connectivity index (χ3v) is 3.03. The van der Waals surface area contributed by atoms with E-state index in [0.717, 1.165) is 5.56 Å². The van der Waals surface area contributed by atoms with Gasteiger partial charge in [0.25, 0.3) is 0 Å². The second-order valence-electron chi connectivity index (χ2n) is 4.55. The van der Waals surface area contributed by atoms with Gasteiger partial charge >= 0.3 is 5.76 Å². The van der Waals surface area contributed by atoms with Crippen LogP contribution in [0.1, 0.15) is 27.3 Å². The lowest BCUT2D eigenvalue weighted by Gasteiger charge is -2.03. The van der Waals surface area contributed by atoms with Crippen molar-refractivity contribution in [2.24, 2.45) is 0 Å². The van der Waals surface area contributed by atoms with Gasteiger partial charge in [-0.25, -0.2) is 14.8 Å². The van der Waals surface area contributed by atoms with E-state index in [1.54, 1.807) is 32.0 Å². The number of aryl methyl sites for hydroxylation is 2. The first-order chi connectivity index (χ1) is 9.54. The third-order valence-electron chi connectivity index (χ3n) is 3.03. The number of nitrogens with one attached hydrogen (secondary N) is 1. The number of rotatable bonds is 2. The molecule has 0 radical (unpaired) electrons. The summed E-state index contributed by atoms with van der Waals surface area (Å²) in [6.45, 7) is 3.59. The number of aromatic nitrogens is 3. The Labute approximate surface area is 113 Å². The van der Waals surface area contributed by atoms with Gasteiger partial charge in [0.05, 0.1) is 5.52 Å². The molecule has 0 fully saturated rings. The molecule has 0 bridgehead atoms. The molecule has 0 unspecified atom stereocenters. The van der Waals surface area contributed by atoms with Crippen LogP contribution in [0, 0.1) is 13.8 Å². The molecule has 2 heterocycles. The van der Waals surface area contributed by atoms with Crippen molar-refractivity contribution in [3.05, 3.63) is 57.6 Å². The SMILES string of the molecule is Cc1cc(C(=O)c2cc(C)c3[nH]c(=O)oc3c2)ncn1. The van der Waals surface area contributed by atoms with Gasteiger partial charge in [-0.05, 0) is 37.6 Å². The Morgan fingerprint density at radius 1 is 1.20 bits per heavy atom. The van der Waals surface area contributed by atoms with E-state index in [0.29, 0.717) is 28.1 Å². The lowest BCUT2D eigenvalue weighted by Crippen LogP contribution is -2.05. The van der Waals surface area contributed by atoms with E-state index >= 15 is 0 Å². The summed E-state index contributed by atoms with van der Waals surface area (Å²) in [6, 6.07) is 4.86. The lowest BCUT2D eigenvalue weighted by atomic mass is 10.0. The van der Waals surface area contributed by atoms with Gasteiger partial charge < -0.3 is 4.42 Å².